The van der Waals surface area contributed by atoms with E-state index in [0.717, 1.165) is 51.2 Å². The monoisotopic (exact) mass is 791 g/mol. The molecule has 9 aromatic carbocycles. The van der Waals surface area contributed by atoms with Gasteiger partial charge in [0.15, 0.2) is 0 Å². The minimum Gasteiger partial charge on any atom is -0.310 e. The topological polar surface area (TPSA) is 9.72 Å². The van der Waals surface area contributed by atoms with Crippen LogP contribution < -0.4 is 14.7 Å². The molecule has 5 heteroatoms. The molecule has 3 nitrogen and oxygen atoms in total. The molecule has 2 heterocycles. The van der Waals surface area contributed by atoms with E-state index in [1.807, 2.05) is 22.7 Å². The fourth-order valence-corrected chi connectivity index (χ4v) is 10.5. The number of fused-ring (bicyclic) bond motifs is 6. The first-order valence-corrected chi connectivity index (χ1v) is 21.5. The van der Waals surface area contributed by atoms with Crippen molar-refractivity contribution >= 4 is 114 Å². The van der Waals surface area contributed by atoms with Gasteiger partial charge in [0.1, 0.15) is 0 Å². The van der Waals surface area contributed by atoms with E-state index in [2.05, 4.69) is 239 Å². The molecule has 0 radical (unpaired) electrons. The largest absolute Gasteiger partial charge is 0.310 e. The van der Waals surface area contributed by atoms with E-state index in [0.29, 0.717) is 0 Å². The number of thiophene rings is 2. The summed E-state index contributed by atoms with van der Waals surface area (Å²) in [6.07, 6.45) is 0. The van der Waals surface area contributed by atoms with Gasteiger partial charge in [0.25, 0.3) is 0 Å². The molecule has 0 saturated heterocycles. The summed E-state index contributed by atoms with van der Waals surface area (Å²) in [5.41, 5.74) is 10.2. The highest BCUT2D eigenvalue weighted by atomic mass is 32.1. The molecule has 0 atom stereocenters. The van der Waals surface area contributed by atoms with Crippen molar-refractivity contribution in [2.45, 2.75) is 0 Å². The van der Waals surface area contributed by atoms with E-state index in [1.165, 1.54) is 40.3 Å². The van der Waals surface area contributed by atoms with E-state index in [9.17, 15) is 0 Å². The summed E-state index contributed by atoms with van der Waals surface area (Å²) in [6.45, 7) is 0. The fourth-order valence-electron chi connectivity index (χ4n) is 8.29. The van der Waals surface area contributed by atoms with Crippen molar-refractivity contribution in [3.05, 3.63) is 224 Å². The predicted octanol–water partition coefficient (Wildman–Crippen LogP) is 16.8. The van der Waals surface area contributed by atoms with Crippen LogP contribution in [-0.4, -0.2) is 0 Å². The SMILES string of the molecule is c1ccc(N(c2ccccc2)c2ccc3c(c2)sc2ccc(N(c4ccccc4)c4ccc5sc6cc(N(c7ccccc7)c7ccccc7)ccc6c5c4)cc23)cc1. The zero-order valence-corrected chi connectivity index (χ0v) is 33.7. The Labute approximate surface area is 351 Å². The molecule has 0 spiro atoms. The third kappa shape index (κ3) is 6.47. The summed E-state index contributed by atoms with van der Waals surface area (Å²) in [5, 5.41) is 5.05. The molecule has 0 N–H and O–H groups in total. The van der Waals surface area contributed by atoms with Gasteiger partial charge in [0.05, 0.1) is 0 Å². The Bertz CT molecular complexity index is 2940. The lowest BCUT2D eigenvalue weighted by atomic mass is 10.1. The van der Waals surface area contributed by atoms with Crippen LogP contribution in [0.5, 0.6) is 0 Å². The van der Waals surface area contributed by atoms with Gasteiger partial charge >= 0.3 is 0 Å². The maximum Gasteiger partial charge on any atom is 0.0476 e. The first-order valence-electron chi connectivity index (χ1n) is 19.8. The minimum absolute atomic E-state index is 1.12. The van der Waals surface area contributed by atoms with Crippen LogP contribution in [0.3, 0.4) is 0 Å². The highest BCUT2D eigenvalue weighted by Crippen LogP contribution is 2.46. The number of para-hydroxylation sites is 5. The number of nitrogens with zero attached hydrogens (tertiary/aromatic N) is 3. The number of hydrogen-bond acceptors (Lipinski definition) is 5. The first kappa shape index (κ1) is 35.0. The first-order chi connectivity index (χ1) is 29.2. The summed E-state index contributed by atoms with van der Waals surface area (Å²) < 4.78 is 5.08. The van der Waals surface area contributed by atoms with Crippen LogP contribution in [0, 0.1) is 0 Å². The Balaban J connectivity index is 1.00. The maximum atomic E-state index is 2.40. The second kappa shape index (κ2) is 15.0. The van der Waals surface area contributed by atoms with Crippen LogP contribution in [0.2, 0.25) is 0 Å². The van der Waals surface area contributed by atoms with E-state index in [4.69, 9.17) is 0 Å². The molecule has 11 rings (SSSR count). The summed E-state index contributed by atoms with van der Waals surface area (Å²) >= 11 is 3.71. The molecule has 0 saturated carbocycles. The van der Waals surface area contributed by atoms with Gasteiger partial charge in [-0.25, -0.2) is 0 Å². The zero-order valence-electron chi connectivity index (χ0n) is 32.0. The Morgan fingerprint density at radius 3 is 0.797 bits per heavy atom. The quantitative estimate of drug-likeness (QED) is 0.144. The van der Waals surface area contributed by atoms with Gasteiger partial charge in [-0.05, 0) is 121 Å². The lowest BCUT2D eigenvalue weighted by Crippen LogP contribution is -2.09. The van der Waals surface area contributed by atoms with Crippen molar-refractivity contribution in [1.82, 2.24) is 0 Å². The zero-order chi connectivity index (χ0) is 39.1. The van der Waals surface area contributed by atoms with Crippen LogP contribution in [0.4, 0.5) is 51.2 Å². The average molecular weight is 792 g/mol. The summed E-state index contributed by atoms with van der Waals surface area (Å²) in [5.74, 6) is 0. The molecule has 11 aromatic rings. The molecule has 2 aromatic heterocycles. The van der Waals surface area contributed by atoms with Crippen LogP contribution >= 0.6 is 22.7 Å². The van der Waals surface area contributed by atoms with Crippen molar-refractivity contribution in [2.75, 3.05) is 14.7 Å². The molecule has 280 valence electrons. The maximum absolute atomic E-state index is 2.40. The van der Waals surface area contributed by atoms with Crippen molar-refractivity contribution in [3.63, 3.8) is 0 Å². The minimum atomic E-state index is 1.12. The molecule has 59 heavy (non-hydrogen) atoms. The van der Waals surface area contributed by atoms with Gasteiger partial charge in [-0.3, -0.25) is 0 Å². The lowest BCUT2D eigenvalue weighted by Gasteiger charge is -2.26. The second-order valence-corrected chi connectivity index (χ2v) is 16.8. The van der Waals surface area contributed by atoms with Gasteiger partial charge in [-0.15, -0.1) is 22.7 Å². The normalized spacial score (nSPS) is 11.4. The van der Waals surface area contributed by atoms with E-state index >= 15 is 0 Å². The Morgan fingerprint density at radius 1 is 0.203 bits per heavy atom. The lowest BCUT2D eigenvalue weighted by molar-refractivity contribution is 1.29. The highest BCUT2D eigenvalue weighted by molar-refractivity contribution is 7.26. The standard InChI is InChI=1S/C54H37N3S2/c1-6-16-38(17-7-1)55(39-18-8-2-9-19-39)45-26-30-47-49-34-43(28-32-51(49)58-53(47)36-45)57(42-24-14-5-15-25-42)44-29-33-52-50(35-44)48-31-27-46(37-54(48)59-52)56(40-20-10-3-11-21-40)41-22-12-4-13-23-41/h1-37H. The molecule has 0 bridgehead atoms. The van der Waals surface area contributed by atoms with Crippen LogP contribution in [0.25, 0.3) is 40.3 Å². The van der Waals surface area contributed by atoms with Gasteiger partial charge in [-0.2, -0.15) is 0 Å². The number of rotatable bonds is 9. The molecular formula is C54H37N3S2. The molecule has 0 amide bonds. The van der Waals surface area contributed by atoms with E-state index in [-0.39, 0.29) is 0 Å². The highest BCUT2D eigenvalue weighted by Gasteiger charge is 2.19. The van der Waals surface area contributed by atoms with Crippen LogP contribution in [-0.2, 0) is 0 Å². The Kier molecular flexibility index (Phi) is 8.88. The fraction of sp³-hybridized carbons (Fsp3) is 0. The molecular weight excluding hydrogens is 755 g/mol. The molecule has 0 unspecified atom stereocenters. The smallest absolute Gasteiger partial charge is 0.0476 e. The molecule has 0 fully saturated rings. The average Bonchev–Trinajstić information content (AvgIpc) is 3.85. The number of hydrogen-bond donors (Lipinski definition) is 0. The van der Waals surface area contributed by atoms with Crippen molar-refractivity contribution in [1.29, 1.82) is 0 Å². The van der Waals surface area contributed by atoms with E-state index in [1.54, 1.807) is 0 Å². The molecule has 0 aliphatic carbocycles. The molecule has 0 aliphatic rings. The number of benzene rings is 9. The third-order valence-electron chi connectivity index (χ3n) is 11.0. The number of anilines is 9. The Hall–Kier alpha value is -7.18. The van der Waals surface area contributed by atoms with E-state index < -0.39 is 0 Å². The van der Waals surface area contributed by atoms with Crippen LogP contribution in [0.15, 0.2) is 224 Å². The van der Waals surface area contributed by atoms with Crippen molar-refractivity contribution in [3.8, 4) is 0 Å². The predicted molar refractivity (Wildman–Crippen MR) is 256 cm³/mol. The van der Waals surface area contributed by atoms with Gasteiger partial charge in [-0.1, -0.05) is 103 Å². The van der Waals surface area contributed by atoms with Crippen molar-refractivity contribution < 1.29 is 0 Å². The third-order valence-corrected chi connectivity index (χ3v) is 13.2. The summed E-state index contributed by atoms with van der Waals surface area (Å²) in [6, 6.07) is 80.9. The summed E-state index contributed by atoms with van der Waals surface area (Å²) in [7, 11) is 0. The van der Waals surface area contributed by atoms with Crippen LogP contribution in [0.1, 0.15) is 0 Å². The van der Waals surface area contributed by atoms with Gasteiger partial charge < -0.3 is 14.7 Å². The summed E-state index contributed by atoms with van der Waals surface area (Å²) in [4.78, 5) is 7.06. The Morgan fingerprint density at radius 2 is 0.475 bits per heavy atom. The van der Waals surface area contributed by atoms with Crippen molar-refractivity contribution in [2.24, 2.45) is 0 Å². The van der Waals surface area contributed by atoms with Gasteiger partial charge in [0, 0.05) is 91.5 Å². The molecule has 0 aliphatic heterocycles. The second-order valence-electron chi connectivity index (χ2n) is 14.6. The van der Waals surface area contributed by atoms with Gasteiger partial charge in [0.2, 0.25) is 0 Å².